The van der Waals surface area contributed by atoms with Gasteiger partial charge in [0.1, 0.15) is 0 Å². The number of hydrogen-bond donors (Lipinski definition) is 4. The molecule has 0 spiro atoms. The summed E-state index contributed by atoms with van der Waals surface area (Å²) < 4.78 is 0. The van der Waals surface area contributed by atoms with Crippen LogP contribution in [-0.4, -0.2) is 47.9 Å². The molecule has 0 aromatic carbocycles. The van der Waals surface area contributed by atoms with Gasteiger partial charge in [0, 0.05) is 27.4 Å². The molecule has 20 heavy (non-hydrogen) atoms. The van der Waals surface area contributed by atoms with Gasteiger partial charge in [0.05, 0.1) is 0 Å². The third-order valence-electron chi connectivity index (χ3n) is 3.98. The standard InChI is InChI=1S/C8H16O2.C6H12.2CH4O/c9-5-7-1-2-8(6-10)4-3-7;1-2-4-6-5-3-1;2*1-2/h7-10H,1-6H2;1-6H2;2*2H,1H3. The summed E-state index contributed by atoms with van der Waals surface area (Å²) >= 11 is 0. The van der Waals surface area contributed by atoms with E-state index in [-0.39, 0.29) is 0 Å². The van der Waals surface area contributed by atoms with E-state index in [4.69, 9.17) is 20.4 Å². The monoisotopic (exact) mass is 292 g/mol. The van der Waals surface area contributed by atoms with Crippen molar-refractivity contribution in [1.29, 1.82) is 0 Å². The van der Waals surface area contributed by atoms with Gasteiger partial charge < -0.3 is 20.4 Å². The third-order valence-corrected chi connectivity index (χ3v) is 3.98. The Morgan fingerprint density at radius 2 is 0.750 bits per heavy atom. The van der Waals surface area contributed by atoms with Crippen molar-refractivity contribution in [2.45, 2.75) is 64.2 Å². The first-order valence-corrected chi connectivity index (χ1v) is 7.98. The first kappa shape index (κ1) is 22.1. The molecule has 0 atom stereocenters. The van der Waals surface area contributed by atoms with Crippen molar-refractivity contribution in [3.63, 3.8) is 0 Å². The maximum atomic E-state index is 8.79. The second kappa shape index (κ2) is 18.8. The maximum absolute atomic E-state index is 8.79. The fraction of sp³-hybridized carbons (Fsp3) is 1.00. The average molecular weight is 292 g/mol. The average Bonchev–Trinajstić information content (AvgIpc) is 2.60. The lowest BCUT2D eigenvalue weighted by atomic mass is 9.83. The normalized spacial score (nSPS) is 24.9. The lowest BCUT2D eigenvalue weighted by Gasteiger charge is -2.25. The van der Waals surface area contributed by atoms with E-state index in [9.17, 15) is 0 Å². The minimum absolute atomic E-state index is 0.331. The molecule has 0 aromatic heterocycles. The highest BCUT2D eigenvalue weighted by molar-refractivity contribution is 4.70. The third kappa shape index (κ3) is 12.9. The second-order valence-electron chi connectivity index (χ2n) is 5.37. The molecule has 0 aliphatic heterocycles. The van der Waals surface area contributed by atoms with Crippen LogP contribution in [0.25, 0.3) is 0 Å². The van der Waals surface area contributed by atoms with Crippen molar-refractivity contribution in [2.24, 2.45) is 11.8 Å². The van der Waals surface area contributed by atoms with Crippen molar-refractivity contribution in [2.75, 3.05) is 27.4 Å². The zero-order valence-corrected chi connectivity index (χ0v) is 13.4. The van der Waals surface area contributed by atoms with Crippen LogP contribution >= 0.6 is 0 Å². The van der Waals surface area contributed by atoms with E-state index in [2.05, 4.69) is 0 Å². The quantitative estimate of drug-likeness (QED) is 0.630. The van der Waals surface area contributed by atoms with Gasteiger partial charge in [-0.2, -0.15) is 0 Å². The highest BCUT2D eigenvalue weighted by Crippen LogP contribution is 2.27. The van der Waals surface area contributed by atoms with E-state index >= 15 is 0 Å². The molecule has 0 unspecified atom stereocenters. The van der Waals surface area contributed by atoms with Gasteiger partial charge in [-0.05, 0) is 37.5 Å². The van der Waals surface area contributed by atoms with Gasteiger partial charge in [-0.1, -0.05) is 38.5 Å². The van der Waals surface area contributed by atoms with Crippen molar-refractivity contribution in [1.82, 2.24) is 0 Å². The topological polar surface area (TPSA) is 80.9 Å². The maximum Gasteiger partial charge on any atom is 0.0459 e. The summed E-state index contributed by atoms with van der Waals surface area (Å²) in [5, 5.41) is 31.6. The molecule has 2 fully saturated rings. The summed E-state index contributed by atoms with van der Waals surface area (Å²) in [7, 11) is 2.00. The fourth-order valence-electron chi connectivity index (χ4n) is 2.66. The van der Waals surface area contributed by atoms with E-state index < -0.39 is 0 Å². The Hall–Kier alpha value is -0.160. The minimum Gasteiger partial charge on any atom is -0.400 e. The molecule has 4 N–H and O–H groups in total. The fourth-order valence-corrected chi connectivity index (χ4v) is 2.66. The van der Waals surface area contributed by atoms with Gasteiger partial charge in [-0.3, -0.25) is 0 Å². The molecular weight excluding hydrogens is 256 g/mol. The number of rotatable bonds is 2. The van der Waals surface area contributed by atoms with Crippen molar-refractivity contribution < 1.29 is 20.4 Å². The molecule has 124 valence electrons. The van der Waals surface area contributed by atoms with Crippen molar-refractivity contribution in [3.8, 4) is 0 Å². The van der Waals surface area contributed by atoms with Crippen LogP contribution in [0.3, 0.4) is 0 Å². The summed E-state index contributed by atoms with van der Waals surface area (Å²) in [5.41, 5.74) is 0. The summed E-state index contributed by atoms with van der Waals surface area (Å²) in [6.45, 7) is 0.663. The van der Waals surface area contributed by atoms with Crippen LogP contribution in [0.2, 0.25) is 0 Å². The Kier molecular flexibility index (Phi) is 20.8. The molecule has 0 amide bonds. The molecule has 2 saturated carbocycles. The molecule has 4 heteroatoms. The molecule has 0 saturated heterocycles. The Bertz CT molecular complexity index is 129. The predicted molar refractivity (Wildman–Crippen MR) is 83.6 cm³/mol. The van der Waals surface area contributed by atoms with Gasteiger partial charge in [0.25, 0.3) is 0 Å². The van der Waals surface area contributed by atoms with E-state index in [1.165, 1.54) is 38.5 Å². The van der Waals surface area contributed by atoms with Crippen LogP contribution < -0.4 is 0 Å². The SMILES string of the molecule is C1CCCCC1.CO.CO.OCC1CCC(CO)CC1. The van der Waals surface area contributed by atoms with E-state index in [0.717, 1.165) is 39.9 Å². The molecule has 4 nitrogen and oxygen atoms in total. The minimum atomic E-state index is 0.331. The molecule has 2 aliphatic rings. The lowest BCUT2D eigenvalue weighted by Crippen LogP contribution is -2.19. The molecule has 0 bridgehead atoms. The van der Waals surface area contributed by atoms with Crippen LogP contribution in [0.1, 0.15) is 64.2 Å². The summed E-state index contributed by atoms with van der Waals surface area (Å²) in [4.78, 5) is 0. The predicted octanol–water partition coefficient (Wildman–Crippen LogP) is 2.33. The van der Waals surface area contributed by atoms with E-state index in [1.54, 1.807) is 0 Å². The summed E-state index contributed by atoms with van der Waals surface area (Å²) in [6.07, 6.45) is 13.4. The van der Waals surface area contributed by atoms with Crippen LogP contribution in [0, 0.1) is 11.8 Å². The smallest absolute Gasteiger partial charge is 0.0459 e. The van der Waals surface area contributed by atoms with Gasteiger partial charge in [-0.15, -0.1) is 0 Å². The molecule has 0 radical (unpaired) electrons. The highest BCUT2D eigenvalue weighted by Gasteiger charge is 2.19. The summed E-state index contributed by atoms with van der Waals surface area (Å²) in [5.74, 6) is 1.03. The van der Waals surface area contributed by atoms with E-state index in [1.807, 2.05) is 0 Å². The van der Waals surface area contributed by atoms with Crippen LogP contribution in [0.5, 0.6) is 0 Å². The molecule has 0 heterocycles. The number of aliphatic hydroxyl groups is 4. The lowest BCUT2D eigenvalue weighted by molar-refractivity contribution is 0.131. The van der Waals surface area contributed by atoms with Crippen molar-refractivity contribution in [3.05, 3.63) is 0 Å². The molecule has 0 aromatic rings. The Morgan fingerprint density at radius 3 is 0.900 bits per heavy atom. The Morgan fingerprint density at radius 1 is 0.550 bits per heavy atom. The second-order valence-corrected chi connectivity index (χ2v) is 5.37. The molecule has 2 aliphatic carbocycles. The van der Waals surface area contributed by atoms with Crippen LogP contribution in [0.4, 0.5) is 0 Å². The zero-order valence-electron chi connectivity index (χ0n) is 13.4. The first-order valence-electron chi connectivity index (χ1n) is 7.98. The zero-order chi connectivity index (χ0) is 15.6. The van der Waals surface area contributed by atoms with Gasteiger partial charge >= 0.3 is 0 Å². The van der Waals surface area contributed by atoms with Gasteiger partial charge in [0.15, 0.2) is 0 Å². The summed E-state index contributed by atoms with van der Waals surface area (Å²) in [6, 6.07) is 0. The largest absolute Gasteiger partial charge is 0.400 e. The van der Waals surface area contributed by atoms with Gasteiger partial charge in [-0.25, -0.2) is 0 Å². The molecule has 2 rings (SSSR count). The highest BCUT2D eigenvalue weighted by atomic mass is 16.3. The first-order chi connectivity index (χ1) is 9.86. The van der Waals surface area contributed by atoms with Crippen LogP contribution in [0.15, 0.2) is 0 Å². The van der Waals surface area contributed by atoms with Gasteiger partial charge in [0.2, 0.25) is 0 Å². The van der Waals surface area contributed by atoms with Crippen molar-refractivity contribution >= 4 is 0 Å². The Balaban J connectivity index is 0. The number of aliphatic hydroxyl groups excluding tert-OH is 4. The van der Waals surface area contributed by atoms with Crippen LogP contribution in [-0.2, 0) is 0 Å². The number of hydrogen-bond acceptors (Lipinski definition) is 4. The molecular formula is C16H36O4. The van der Waals surface area contributed by atoms with E-state index in [0.29, 0.717) is 25.0 Å². The Labute approximate surface area is 124 Å².